The van der Waals surface area contributed by atoms with E-state index in [-0.39, 0.29) is 16.6 Å². The standard InChI is InChI=1S/C13H13Cl2N3O3/c1-19-9-4-3-8(7-10(9)20-2)5-6-21-13-17-11(14)16-12(15)18-13/h3-4,7H,5-6H2,1-2H3. The molecule has 0 fully saturated rings. The Labute approximate surface area is 132 Å². The van der Waals surface area contributed by atoms with Gasteiger partial charge in [-0.15, -0.1) is 0 Å². The molecule has 2 aromatic rings. The van der Waals surface area contributed by atoms with Gasteiger partial charge in [-0.05, 0) is 40.9 Å². The van der Waals surface area contributed by atoms with E-state index in [2.05, 4.69) is 15.0 Å². The molecule has 1 aromatic heterocycles. The molecule has 1 aromatic carbocycles. The molecule has 0 bridgehead atoms. The Bertz CT molecular complexity index is 605. The molecule has 6 nitrogen and oxygen atoms in total. The summed E-state index contributed by atoms with van der Waals surface area (Å²) in [6.07, 6.45) is 0.640. The minimum atomic E-state index is -0.00360. The zero-order chi connectivity index (χ0) is 15.2. The van der Waals surface area contributed by atoms with E-state index in [1.807, 2.05) is 18.2 Å². The van der Waals surface area contributed by atoms with E-state index < -0.39 is 0 Å². The highest BCUT2D eigenvalue weighted by atomic mass is 35.5. The van der Waals surface area contributed by atoms with Crippen LogP contribution < -0.4 is 14.2 Å². The monoisotopic (exact) mass is 329 g/mol. The second-order valence-electron chi connectivity index (χ2n) is 3.94. The average Bonchev–Trinajstić information content (AvgIpc) is 2.46. The van der Waals surface area contributed by atoms with Crippen molar-refractivity contribution in [2.24, 2.45) is 0 Å². The summed E-state index contributed by atoms with van der Waals surface area (Å²) in [7, 11) is 3.18. The number of ether oxygens (including phenoxy) is 3. The van der Waals surface area contributed by atoms with Crippen LogP contribution in [0.15, 0.2) is 18.2 Å². The Morgan fingerprint density at radius 1 is 0.952 bits per heavy atom. The van der Waals surface area contributed by atoms with Crippen molar-refractivity contribution in [3.63, 3.8) is 0 Å². The average molecular weight is 330 g/mol. The highest BCUT2D eigenvalue weighted by Gasteiger charge is 2.07. The summed E-state index contributed by atoms with van der Waals surface area (Å²) < 4.78 is 15.8. The normalized spacial score (nSPS) is 10.3. The zero-order valence-corrected chi connectivity index (χ0v) is 13.0. The molecule has 0 aliphatic heterocycles. The maximum absolute atomic E-state index is 5.66. The predicted molar refractivity (Wildman–Crippen MR) is 78.6 cm³/mol. The lowest BCUT2D eigenvalue weighted by Crippen LogP contribution is -2.05. The van der Waals surface area contributed by atoms with Crippen molar-refractivity contribution in [3.05, 3.63) is 34.3 Å². The van der Waals surface area contributed by atoms with Crippen molar-refractivity contribution in [1.29, 1.82) is 0 Å². The maximum atomic E-state index is 5.66. The van der Waals surface area contributed by atoms with Crippen LogP contribution in [0.5, 0.6) is 17.5 Å². The van der Waals surface area contributed by atoms with Crippen LogP contribution in [0.4, 0.5) is 0 Å². The first-order chi connectivity index (χ1) is 10.1. The molecule has 0 amide bonds. The molecule has 0 N–H and O–H groups in total. The first-order valence-electron chi connectivity index (χ1n) is 6.03. The largest absolute Gasteiger partial charge is 0.493 e. The van der Waals surface area contributed by atoms with Crippen molar-refractivity contribution in [1.82, 2.24) is 15.0 Å². The van der Waals surface area contributed by atoms with E-state index in [1.165, 1.54) is 0 Å². The maximum Gasteiger partial charge on any atom is 0.322 e. The van der Waals surface area contributed by atoms with E-state index in [9.17, 15) is 0 Å². The molecule has 0 aliphatic rings. The van der Waals surface area contributed by atoms with Gasteiger partial charge in [0.1, 0.15) is 0 Å². The molecule has 0 unspecified atom stereocenters. The van der Waals surface area contributed by atoms with Gasteiger partial charge in [0.05, 0.1) is 20.8 Å². The summed E-state index contributed by atoms with van der Waals surface area (Å²) >= 11 is 11.3. The van der Waals surface area contributed by atoms with Crippen molar-refractivity contribution in [2.45, 2.75) is 6.42 Å². The van der Waals surface area contributed by atoms with E-state index in [0.29, 0.717) is 24.5 Å². The molecule has 0 saturated heterocycles. The molecule has 0 atom stereocenters. The van der Waals surface area contributed by atoms with Gasteiger partial charge in [0.2, 0.25) is 10.6 Å². The van der Waals surface area contributed by atoms with Crippen molar-refractivity contribution in [2.75, 3.05) is 20.8 Å². The van der Waals surface area contributed by atoms with Gasteiger partial charge in [-0.25, -0.2) is 0 Å². The molecular formula is C13H13Cl2N3O3. The van der Waals surface area contributed by atoms with E-state index >= 15 is 0 Å². The topological polar surface area (TPSA) is 66.4 Å². The second kappa shape index (κ2) is 7.28. The van der Waals surface area contributed by atoms with Gasteiger partial charge in [0.15, 0.2) is 11.5 Å². The highest BCUT2D eigenvalue weighted by molar-refractivity contribution is 6.31. The molecule has 2 rings (SSSR count). The summed E-state index contributed by atoms with van der Waals surface area (Å²) in [6.45, 7) is 0.367. The fraction of sp³-hybridized carbons (Fsp3) is 0.308. The van der Waals surface area contributed by atoms with Gasteiger partial charge in [0.25, 0.3) is 0 Å². The van der Waals surface area contributed by atoms with Crippen LogP contribution in [0.2, 0.25) is 10.6 Å². The van der Waals surface area contributed by atoms with E-state index in [1.54, 1.807) is 14.2 Å². The zero-order valence-electron chi connectivity index (χ0n) is 11.5. The number of halogens is 2. The predicted octanol–water partition coefficient (Wildman–Crippen LogP) is 2.82. The van der Waals surface area contributed by atoms with Gasteiger partial charge >= 0.3 is 6.01 Å². The van der Waals surface area contributed by atoms with Gasteiger partial charge < -0.3 is 14.2 Å². The molecule has 0 radical (unpaired) electrons. The quantitative estimate of drug-likeness (QED) is 0.811. The molecular weight excluding hydrogens is 317 g/mol. The third-order valence-electron chi connectivity index (χ3n) is 2.63. The van der Waals surface area contributed by atoms with Crippen LogP contribution in [-0.2, 0) is 6.42 Å². The van der Waals surface area contributed by atoms with Gasteiger partial charge in [-0.1, -0.05) is 6.07 Å². The Hall–Kier alpha value is -1.79. The molecule has 0 spiro atoms. The van der Waals surface area contributed by atoms with Crippen LogP contribution in [-0.4, -0.2) is 35.8 Å². The highest BCUT2D eigenvalue weighted by Crippen LogP contribution is 2.27. The number of hydrogen-bond acceptors (Lipinski definition) is 6. The Kier molecular flexibility index (Phi) is 5.41. The molecule has 0 aliphatic carbocycles. The number of methoxy groups -OCH3 is 2. The van der Waals surface area contributed by atoms with Gasteiger partial charge in [0, 0.05) is 6.42 Å². The van der Waals surface area contributed by atoms with Crippen LogP contribution in [0, 0.1) is 0 Å². The first-order valence-corrected chi connectivity index (χ1v) is 6.78. The summed E-state index contributed by atoms with van der Waals surface area (Å²) in [4.78, 5) is 11.3. The number of benzene rings is 1. The Morgan fingerprint density at radius 2 is 1.62 bits per heavy atom. The minimum absolute atomic E-state index is 0.00360. The molecule has 112 valence electrons. The fourth-order valence-corrected chi connectivity index (χ4v) is 2.02. The summed E-state index contributed by atoms with van der Waals surface area (Å²) in [6, 6.07) is 5.75. The second-order valence-corrected chi connectivity index (χ2v) is 4.62. The van der Waals surface area contributed by atoms with Crippen molar-refractivity contribution in [3.8, 4) is 17.5 Å². The molecule has 8 heteroatoms. The lowest BCUT2D eigenvalue weighted by Gasteiger charge is -2.09. The SMILES string of the molecule is COc1ccc(CCOc2nc(Cl)nc(Cl)n2)cc1OC. The van der Waals surface area contributed by atoms with Crippen molar-refractivity contribution < 1.29 is 14.2 Å². The summed E-state index contributed by atoms with van der Waals surface area (Å²) in [5.41, 5.74) is 1.03. The Balaban J connectivity index is 1.97. The Morgan fingerprint density at radius 3 is 2.24 bits per heavy atom. The summed E-state index contributed by atoms with van der Waals surface area (Å²) in [5.74, 6) is 1.35. The number of rotatable bonds is 6. The number of nitrogens with zero attached hydrogens (tertiary/aromatic N) is 3. The van der Waals surface area contributed by atoms with Crippen molar-refractivity contribution >= 4 is 23.2 Å². The third kappa shape index (κ3) is 4.34. The van der Waals surface area contributed by atoms with Gasteiger partial charge in [-0.2, -0.15) is 15.0 Å². The van der Waals surface area contributed by atoms with Crippen LogP contribution in [0.1, 0.15) is 5.56 Å². The first kappa shape index (κ1) is 15.6. The smallest absolute Gasteiger partial charge is 0.322 e. The number of aromatic nitrogens is 3. The lowest BCUT2D eigenvalue weighted by molar-refractivity contribution is 0.294. The minimum Gasteiger partial charge on any atom is -0.493 e. The summed E-state index contributed by atoms with van der Waals surface area (Å²) in [5, 5.41) is -0.00719. The molecule has 1 heterocycles. The fourth-order valence-electron chi connectivity index (χ4n) is 1.67. The lowest BCUT2D eigenvalue weighted by atomic mass is 10.1. The third-order valence-corrected chi connectivity index (χ3v) is 2.97. The number of hydrogen-bond donors (Lipinski definition) is 0. The van der Waals surface area contributed by atoms with Crippen LogP contribution in [0.3, 0.4) is 0 Å². The van der Waals surface area contributed by atoms with Crippen LogP contribution in [0.25, 0.3) is 0 Å². The van der Waals surface area contributed by atoms with Crippen LogP contribution >= 0.6 is 23.2 Å². The van der Waals surface area contributed by atoms with E-state index in [0.717, 1.165) is 5.56 Å². The molecule has 0 saturated carbocycles. The van der Waals surface area contributed by atoms with Gasteiger partial charge in [-0.3, -0.25) is 0 Å². The van der Waals surface area contributed by atoms with E-state index in [4.69, 9.17) is 37.4 Å². The molecule has 21 heavy (non-hydrogen) atoms.